The molecule has 1 N–H and O–H groups in total. The van der Waals surface area contributed by atoms with Gasteiger partial charge in [-0.15, -0.1) is 0 Å². The third-order valence-electron chi connectivity index (χ3n) is 3.55. The van der Waals surface area contributed by atoms with Crippen LogP contribution < -0.4 is 10.1 Å². The molecule has 1 aromatic rings. The summed E-state index contributed by atoms with van der Waals surface area (Å²) in [5, 5.41) is 3.54. The second kappa shape index (κ2) is 6.76. The van der Waals surface area contributed by atoms with Crippen molar-refractivity contribution in [2.45, 2.75) is 38.3 Å². The average Bonchev–Trinajstić information content (AvgIpc) is 2.91. The van der Waals surface area contributed by atoms with Crippen molar-refractivity contribution in [1.29, 1.82) is 0 Å². The Labute approximate surface area is 109 Å². The van der Waals surface area contributed by atoms with E-state index in [0.29, 0.717) is 12.1 Å². The predicted molar refractivity (Wildman–Crippen MR) is 73.0 cm³/mol. The molecule has 0 radical (unpaired) electrons. The molecule has 1 aliphatic heterocycles. The summed E-state index contributed by atoms with van der Waals surface area (Å²) in [6, 6.07) is 8.48. The van der Waals surface area contributed by atoms with E-state index in [2.05, 4.69) is 24.4 Å². The molecule has 1 unspecified atom stereocenters. The van der Waals surface area contributed by atoms with Gasteiger partial charge in [-0.05, 0) is 38.8 Å². The zero-order valence-corrected chi connectivity index (χ0v) is 11.3. The van der Waals surface area contributed by atoms with E-state index in [4.69, 9.17) is 9.47 Å². The van der Waals surface area contributed by atoms with E-state index in [1.165, 1.54) is 18.4 Å². The molecule has 0 aromatic heterocycles. The van der Waals surface area contributed by atoms with Crippen LogP contribution in [0.15, 0.2) is 24.3 Å². The molecular weight excluding hydrogens is 226 g/mol. The van der Waals surface area contributed by atoms with Crippen LogP contribution in [-0.4, -0.2) is 26.4 Å². The maximum atomic E-state index is 5.62. The Kier molecular flexibility index (Phi) is 5.02. The second-order valence-corrected chi connectivity index (χ2v) is 4.84. The van der Waals surface area contributed by atoms with Gasteiger partial charge in [-0.3, -0.25) is 0 Å². The van der Waals surface area contributed by atoms with Crippen molar-refractivity contribution in [3.8, 4) is 5.75 Å². The molecule has 3 nitrogen and oxygen atoms in total. The molecular formula is C15H23NO2. The molecule has 2 rings (SSSR count). The maximum Gasteiger partial charge on any atom is 0.123 e. The number of para-hydroxylation sites is 1. The fraction of sp³-hybridized carbons (Fsp3) is 0.600. The van der Waals surface area contributed by atoms with Crippen LogP contribution in [0.4, 0.5) is 0 Å². The molecule has 1 aromatic carbocycles. The Morgan fingerprint density at radius 1 is 1.44 bits per heavy atom. The zero-order valence-electron chi connectivity index (χ0n) is 11.3. The molecule has 0 bridgehead atoms. The van der Waals surface area contributed by atoms with Gasteiger partial charge in [0.25, 0.3) is 0 Å². The number of hydrogen-bond acceptors (Lipinski definition) is 3. The highest BCUT2D eigenvalue weighted by Gasteiger charge is 2.16. The van der Waals surface area contributed by atoms with Gasteiger partial charge in [-0.1, -0.05) is 18.2 Å². The lowest BCUT2D eigenvalue weighted by molar-refractivity contribution is 0.103. The number of ether oxygens (including phenoxy) is 2. The maximum absolute atomic E-state index is 5.62. The number of rotatable bonds is 6. The van der Waals surface area contributed by atoms with E-state index in [1.54, 1.807) is 7.11 Å². The molecule has 0 amide bonds. The molecule has 0 spiro atoms. The molecule has 2 atom stereocenters. The van der Waals surface area contributed by atoms with E-state index in [-0.39, 0.29) is 0 Å². The van der Waals surface area contributed by atoms with Crippen molar-refractivity contribution < 1.29 is 9.47 Å². The lowest BCUT2D eigenvalue weighted by atomic mass is 10.1. The lowest BCUT2D eigenvalue weighted by Gasteiger charge is -2.18. The predicted octanol–water partition coefficient (Wildman–Crippen LogP) is 2.91. The summed E-state index contributed by atoms with van der Waals surface area (Å²) < 4.78 is 11.0. The Hall–Kier alpha value is -1.06. The van der Waals surface area contributed by atoms with E-state index in [9.17, 15) is 0 Å². The van der Waals surface area contributed by atoms with E-state index < -0.39 is 0 Å². The van der Waals surface area contributed by atoms with Gasteiger partial charge in [0, 0.05) is 18.2 Å². The number of hydrogen-bond donors (Lipinski definition) is 1. The Bertz CT molecular complexity index is 361. The number of benzene rings is 1. The minimum Gasteiger partial charge on any atom is -0.496 e. The average molecular weight is 249 g/mol. The van der Waals surface area contributed by atoms with Gasteiger partial charge in [-0.2, -0.15) is 0 Å². The van der Waals surface area contributed by atoms with Gasteiger partial charge >= 0.3 is 0 Å². The van der Waals surface area contributed by atoms with Crippen molar-refractivity contribution >= 4 is 0 Å². The fourth-order valence-electron chi connectivity index (χ4n) is 2.47. The molecule has 0 aliphatic carbocycles. The first kappa shape index (κ1) is 13.4. The van der Waals surface area contributed by atoms with Crippen LogP contribution in [-0.2, 0) is 4.74 Å². The van der Waals surface area contributed by atoms with Crippen molar-refractivity contribution in [3.05, 3.63) is 29.8 Å². The number of nitrogens with one attached hydrogen (secondary N) is 1. The molecule has 1 fully saturated rings. The Morgan fingerprint density at radius 2 is 2.28 bits per heavy atom. The highest BCUT2D eigenvalue weighted by molar-refractivity contribution is 5.35. The third-order valence-corrected chi connectivity index (χ3v) is 3.55. The molecule has 1 heterocycles. The van der Waals surface area contributed by atoms with Crippen LogP contribution in [0, 0.1) is 0 Å². The van der Waals surface area contributed by atoms with E-state index in [1.807, 2.05) is 12.1 Å². The van der Waals surface area contributed by atoms with Crippen molar-refractivity contribution in [3.63, 3.8) is 0 Å². The van der Waals surface area contributed by atoms with Crippen LogP contribution in [0.1, 0.15) is 37.8 Å². The van der Waals surface area contributed by atoms with Gasteiger partial charge < -0.3 is 14.8 Å². The number of methoxy groups -OCH3 is 1. The summed E-state index contributed by atoms with van der Waals surface area (Å²) in [5.74, 6) is 0.953. The van der Waals surface area contributed by atoms with Crippen LogP contribution in [0.25, 0.3) is 0 Å². The summed E-state index contributed by atoms with van der Waals surface area (Å²) in [6.07, 6.45) is 3.99. The topological polar surface area (TPSA) is 30.5 Å². The lowest BCUT2D eigenvalue weighted by Crippen LogP contribution is -2.23. The van der Waals surface area contributed by atoms with Gasteiger partial charge in [0.2, 0.25) is 0 Å². The van der Waals surface area contributed by atoms with Crippen LogP contribution in [0.3, 0.4) is 0 Å². The SMILES string of the molecule is COc1ccccc1[C@H](C)NCCC1CCCO1. The molecule has 18 heavy (non-hydrogen) atoms. The van der Waals surface area contributed by atoms with Crippen molar-refractivity contribution in [2.24, 2.45) is 0 Å². The second-order valence-electron chi connectivity index (χ2n) is 4.84. The van der Waals surface area contributed by atoms with Crippen LogP contribution >= 0.6 is 0 Å². The third kappa shape index (κ3) is 3.47. The minimum absolute atomic E-state index is 0.308. The molecule has 0 saturated carbocycles. The molecule has 100 valence electrons. The van der Waals surface area contributed by atoms with E-state index in [0.717, 1.165) is 25.3 Å². The smallest absolute Gasteiger partial charge is 0.123 e. The standard InChI is InChI=1S/C15H23NO2/c1-12(14-7-3-4-8-15(14)17-2)16-10-9-13-6-5-11-18-13/h3-4,7-8,12-13,16H,5-6,9-11H2,1-2H3/t12-,13?/m0/s1. The summed E-state index contributed by atoms with van der Waals surface area (Å²) in [6.45, 7) is 4.10. The van der Waals surface area contributed by atoms with Crippen LogP contribution in [0.2, 0.25) is 0 Å². The highest BCUT2D eigenvalue weighted by Crippen LogP contribution is 2.24. The Balaban J connectivity index is 1.81. The summed E-state index contributed by atoms with van der Waals surface area (Å²) in [4.78, 5) is 0. The van der Waals surface area contributed by atoms with Crippen molar-refractivity contribution in [2.75, 3.05) is 20.3 Å². The fourth-order valence-corrected chi connectivity index (χ4v) is 2.47. The van der Waals surface area contributed by atoms with Gasteiger partial charge in [-0.25, -0.2) is 0 Å². The monoisotopic (exact) mass is 249 g/mol. The summed E-state index contributed by atoms with van der Waals surface area (Å²) >= 11 is 0. The summed E-state index contributed by atoms with van der Waals surface area (Å²) in [7, 11) is 1.72. The Morgan fingerprint density at radius 3 is 3.00 bits per heavy atom. The first-order valence-corrected chi connectivity index (χ1v) is 6.79. The van der Waals surface area contributed by atoms with Gasteiger partial charge in [0.15, 0.2) is 0 Å². The normalized spacial score (nSPS) is 20.9. The summed E-state index contributed by atoms with van der Waals surface area (Å²) in [5.41, 5.74) is 1.22. The first-order valence-electron chi connectivity index (χ1n) is 6.79. The van der Waals surface area contributed by atoms with Gasteiger partial charge in [0.1, 0.15) is 5.75 Å². The van der Waals surface area contributed by atoms with E-state index >= 15 is 0 Å². The van der Waals surface area contributed by atoms with Crippen LogP contribution in [0.5, 0.6) is 5.75 Å². The molecule has 3 heteroatoms. The van der Waals surface area contributed by atoms with Crippen molar-refractivity contribution in [1.82, 2.24) is 5.32 Å². The first-order chi connectivity index (χ1) is 8.81. The molecule has 1 aliphatic rings. The zero-order chi connectivity index (χ0) is 12.8. The van der Waals surface area contributed by atoms with Gasteiger partial charge in [0.05, 0.1) is 13.2 Å². The highest BCUT2D eigenvalue weighted by atomic mass is 16.5. The molecule has 1 saturated heterocycles. The minimum atomic E-state index is 0.308. The largest absolute Gasteiger partial charge is 0.496 e. The quantitative estimate of drug-likeness (QED) is 0.841.